The molecule has 0 spiro atoms. The summed E-state index contributed by atoms with van der Waals surface area (Å²) in [6.07, 6.45) is 5.09. The van der Waals surface area contributed by atoms with Crippen LogP contribution in [-0.2, 0) is 11.3 Å². The molecule has 2 N–H and O–H groups in total. The highest BCUT2D eigenvalue weighted by molar-refractivity contribution is 5.91. The summed E-state index contributed by atoms with van der Waals surface area (Å²) in [7, 11) is 0. The Morgan fingerprint density at radius 3 is 2.29 bits per heavy atom. The molecule has 2 aromatic carbocycles. The van der Waals surface area contributed by atoms with Gasteiger partial charge in [0.1, 0.15) is 5.82 Å². The van der Waals surface area contributed by atoms with Crippen LogP contribution < -0.4 is 5.56 Å². The van der Waals surface area contributed by atoms with Crippen molar-refractivity contribution in [3.8, 4) is 28.2 Å². The van der Waals surface area contributed by atoms with E-state index < -0.39 is 12.1 Å². The summed E-state index contributed by atoms with van der Waals surface area (Å²) >= 11 is 0. The lowest BCUT2D eigenvalue weighted by atomic mass is 9.91. The normalized spacial score (nSPS) is 14.0. The van der Waals surface area contributed by atoms with Gasteiger partial charge >= 0.3 is 12.1 Å². The van der Waals surface area contributed by atoms with Crippen molar-refractivity contribution in [1.29, 1.82) is 0 Å². The molecule has 0 unspecified atom stereocenters. The number of nitrogens with one attached hydrogen (secondary N) is 1. The number of halogens is 3. The lowest BCUT2D eigenvalue weighted by molar-refractivity contribution is -0.192. The Labute approximate surface area is 274 Å². The molecule has 0 bridgehead atoms. The number of hydrogen-bond acceptors (Lipinski definition) is 5. The van der Waals surface area contributed by atoms with Gasteiger partial charge in [0, 0.05) is 42.5 Å². The summed E-state index contributed by atoms with van der Waals surface area (Å²) in [5.74, 6) is -1.21. The Kier molecular flexibility index (Phi) is 9.49. The van der Waals surface area contributed by atoms with E-state index >= 15 is 0 Å². The monoisotopic (exact) mass is 651 g/mol. The fourth-order valence-electron chi connectivity index (χ4n) is 5.92. The van der Waals surface area contributed by atoms with Crippen LogP contribution in [0.3, 0.4) is 0 Å². The van der Waals surface area contributed by atoms with E-state index in [4.69, 9.17) is 14.9 Å². The van der Waals surface area contributed by atoms with Gasteiger partial charge < -0.3 is 14.7 Å². The standard InChI is InChI=1S/C35H31N5O.C2HF3O2/c41-35-31-22-30(27-6-2-1-3-7-27)34(38-32(31)13-18-37-35)28-11-9-25(10-12-28)23-39-19-14-26(15-20-39)29-16-21-40(24-29)33-8-4-5-17-36-33;3-2(4,5)1(6)7/h1-13,16-18,21-22,24,26H,14-15,19-20,23H2,(H,37,41);(H,6,7). The number of benzene rings is 2. The summed E-state index contributed by atoms with van der Waals surface area (Å²) in [4.78, 5) is 36.1. The smallest absolute Gasteiger partial charge is 0.475 e. The maximum atomic E-state index is 12.5. The number of aromatic nitrogens is 4. The highest BCUT2D eigenvalue weighted by Crippen LogP contribution is 2.33. The van der Waals surface area contributed by atoms with Gasteiger partial charge in [-0.05, 0) is 78.9 Å². The minimum atomic E-state index is -5.08. The molecule has 0 atom stereocenters. The molecule has 4 aromatic heterocycles. The number of aromatic amines is 1. The largest absolute Gasteiger partial charge is 0.490 e. The molecule has 8 nitrogen and oxygen atoms in total. The lowest BCUT2D eigenvalue weighted by Crippen LogP contribution is -2.32. The van der Waals surface area contributed by atoms with Crippen LogP contribution in [0.5, 0.6) is 0 Å². The van der Waals surface area contributed by atoms with E-state index in [1.54, 1.807) is 6.20 Å². The van der Waals surface area contributed by atoms with Crippen LogP contribution >= 0.6 is 0 Å². The second-order valence-electron chi connectivity index (χ2n) is 11.6. The summed E-state index contributed by atoms with van der Waals surface area (Å²) in [6.45, 7) is 3.11. The number of nitrogens with zero attached hydrogens (tertiary/aromatic N) is 4. The average Bonchev–Trinajstić information content (AvgIpc) is 3.60. The zero-order chi connectivity index (χ0) is 33.7. The van der Waals surface area contributed by atoms with E-state index in [1.165, 1.54) is 11.1 Å². The molecule has 0 saturated carbocycles. The topological polar surface area (TPSA) is 104 Å². The molecule has 244 valence electrons. The zero-order valence-corrected chi connectivity index (χ0v) is 25.8. The van der Waals surface area contributed by atoms with Gasteiger partial charge in [0.05, 0.1) is 16.6 Å². The summed E-state index contributed by atoms with van der Waals surface area (Å²) in [6, 6.07) is 31.0. The van der Waals surface area contributed by atoms with Gasteiger partial charge in [-0.25, -0.2) is 14.8 Å². The van der Waals surface area contributed by atoms with Crippen molar-refractivity contribution >= 4 is 16.9 Å². The summed E-state index contributed by atoms with van der Waals surface area (Å²) < 4.78 is 33.9. The Bertz CT molecular complexity index is 2050. The molecule has 1 saturated heterocycles. The van der Waals surface area contributed by atoms with Crippen molar-refractivity contribution in [1.82, 2.24) is 24.4 Å². The van der Waals surface area contributed by atoms with E-state index in [0.717, 1.165) is 60.7 Å². The van der Waals surface area contributed by atoms with Crippen molar-refractivity contribution in [2.45, 2.75) is 31.5 Å². The first-order valence-corrected chi connectivity index (χ1v) is 15.4. The minimum Gasteiger partial charge on any atom is -0.475 e. The summed E-state index contributed by atoms with van der Waals surface area (Å²) in [5.41, 5.74) is 7.22. The minimum absolute atomic E-state index is 0.122. The second kappa shape index (κ2) is 14.1. The van der Waals surface area contributed by atoms with Crippen molar-refractivity contribution in [3.05, 3.63) is 137 Å². The fourth-order valence-corrected chi connectivity index (χ4v) is 5.92. The van der Waals surface area contributed by atoms with Crippen LogP contribution in [0.15, 0.2) is 121 Å². The number of alkyl halides is 3. The third-order valence-corrected chi connectivity index (χ3v) is 8.40. The molecular formula is C37H32F3N5O3. The van der Waals surface area contributed by atoms with E-state index in [2.05, 4.69) is 74.3 Å². The molecule has 11 heteroatoms. The van der Waals surface area contributed by atoms with Crippen LogP contribution in [-0.4, -0.2) is 54.8 Å². The zero-order valence-electron chi connectivity index (χ0n) is 25.8. The number of piperidine rings is 1. The molecule has 1 fully saturated rings. The maximum Gasteiger partial charge on any atom is 0.490 e. The van der Waals surface area contributed by atoms with Gasteiger partial charge in [-0.2, -0.15) is 13.2 Å². The predicted octanol–water partition coefficient (Wildman–Crippen LogP) is 7.46. The van der Waals surface area contributed by atoms with Crippen molar-refractivity contribution < 1.29 is 23.1 Å². The highest BCUT2D eigenvalue weighted by Gasteiger charge is 2.38. The molecule has 0 amide bonds. The number of carboxylic acid groups (broad SMARTS) is 1. The molecular weight excluding hydrogens is 619 g/mol. The number of carbonyl (C=O) groups is 1. The molecule has 1 aliphatic heterocycles. The molecule has 5 heterocycles. The van der Waals surface area contributed by atoms with Crippen LogP contribution in [0.25, 0.3) is 39.1 Å². The van der Waals surface area contributed by atoms with Crippen molar-refractivity contribution in [2.75, 3.05) is 13.1 Å². The molecule has 0 aliphatic carbocycles. The summed E-state index contributed by atoms with van der Waals surface area (Å²) in [5, 5.41) is 7.73. The number of aliphatic carboxylic acids is 1. The predicted molar refractivity (Wildman–Crippen MR) is 178 cm³/mol. The molecule has 1 aliphatic rings. The van der Waals surface area contributed by atoms with E-state index in [-0.39, 0.29) is 5.56 Å². The first-order chi connectivity index (χ1) is 23.2. The van der Waals surface area contributed by atoms with Crippen molar-refractivity contribution in [3.63, 3.8) is 0 Å². The van der Waals surface area contributed by atoms with Gasteiger partial charge in [0.15, 0.2) is 0 Å². The Morgan fingerprint density at radius 2 is 1.62 bits per heavy atom. The van der Waals surface area contributed by atoms with Crippen LogP contribution in [0.1, 0.15) is 29.9 Å². The van der Waals surface area contributed by atoms with Crippen LogP contribution in [0.2, 0.25) is 0 Å². The van der Waals surface area contributed by atoms with Crippen LogP contribution in [0, 0.1) is 0 Å². The second-order valence-corrected chi connectivity index (χ2v) is 11.6. The first-order valence-electron chi connectivity index (χ1n) is 15.4. The number of H-pyrrole nitrogens is 1. The molecule has 48 heavy (non-hydrogen) atoms. The fraction of sp³-hybridized carbons (Fsp3) is 0.189. The number of hydrogen-bond donors (Lipinski definition) is 2. The van der Waals surface area contributed by atoms with E-state index in [0.29, 0.717) is 16.8 Å². The average molecular weight is 652 g/mol. The number of rotatable bonds is 6. The van der Waals surface area contributed by atoms with Crippen molar-refractivity contribution in [2.24, 2.45) is 0 Å². The van der Waals surface area contributed by atoms with Crippen LogP contribution in [0.4, 0.5) is 13.2 Å². The van der Waals surface area contributed by atoms with Gasteiger partial charge in [-0.15, -0.1) is 0 Å². The first kappa shape index (κ1) is 32.4. The Hall–Kier alpha value is -5.55. The van der Waals surface area contributed by atoms with Gasteiger partial charge in [0.2, 0.25) is 0 Å². The highest BCUT2D eigenvalue weighted by atomic mass is 19.4. The molecule has 0 radical (unpaired) electrons. The SMILES string of the molecule is O=C(O)C(F)(F)F.O=c1[nH]ccc2nc(-c3ccc(CN4CCC(c5ccn(-c6ccccn6)c5)CC4)cc3)c(-c3ccccc3)cc12. The third kappa shape index (κ3) is 7.53. The van der Waals surface area contributed by atoms with E-state index in [9.17, 15) is 18.0 Å². The lowest BCUT2D eigenvalue weighted by Gasteiger charge is -2.31. The van der Waals surface area contributed by atoms with E-state index in [1.807, 2.05) is 54.7 Å². The number of pyridine rings is 3. The van der Waals surface area contributed by atoms with Gasteiger partial charge in [-0.1, -0.05) is 60.7 Å². The Balaban J connectivity index is 0.000000519. The Morgan fingerprint density at radius 1 is 0.917 bits per heavy atom. The number of carboxylic acids is 1. The third-order valence-electron chi connectivity index (χ3n) is 8.40. The molecule has 7 rings (SSSR count). The van der Waals surface area contributed by atoms with Gasteiger partial charge in [0.25, 0.3) is 5.56 Å². The number of fused-ring (bicyclic) bond motifs is 1. The van der Waals surface area contributed by atoms with Gasteiger partial charge in [-0.3, -0.25) is 9.69 Å². The number of likely N-dealkylation sites (tertiary alicyclic amines) is 1. The quantitative estimate of drug-likeness (QED) is 0.194. The molecule has 6 aromatic rings. The maximum absolute atomic E-state index is 12.5.